The number of nitrogens with one attached hydrogen (secondary N) is 1. The van der Waals surface area contributed by atoms with Crippen molar-refractivity contribution in [3.63, 3.8) is 0 Å². The Hall–Kier alpha value is -1.34. The van der Waals surface area contributed by atoms with E-state index in [1.165, 1.54) is 10.0 Å². The summed E-state index contributed by atoms with van der Waals surface area (Å²) in [5.41, 5.74) is 3.36. The predicted octanol–water partition coefficient (Wildman–Crippen LogP) is 3.58. The molecule has 1 saturated heterocycles. The Bertz CT molecular complexity index is 739. The molecule has 0 bridgehead atoms. The number of aryl methyl sites for hydroxylation is 1. The molecule has 2 aromatic rings. The monoisotopic (exact) mass is 363 g/mol. The number of hydrazine groups is 1. The molecule has 1 N–H and O–H groups in total. The lowest BCUT2D eigenvalue weighted by Gasteiger charge is -2.40. The summed E-state index contributed by atoms with van der Waals surface area (Å²) in [6, 6.07) is 6.10. The number of hydrogen-bond acceptors (Lipinski definition) is 6. The first kappa shape index (κ1) is 16.1. The van der Waals surface area contributed by atoms with Crippen LogP contribution >= 0.6 is 22.9 Å². The Morgan fingerprint density at radius 1 is 1.25 bits per heavy atom. The summed E-state index contributed by atoms with van der Waals surface area (Å²) in [6.45, 7) is 7.07. The third-order valence-corrected chi connectivity index (χ3v) is 6.06. The van der Waals surface area contributed by atoms with Gasteiger partial charge in [0, 0.05) is 31.2 Å². The molecular weight excluding hydrogens is 342 g/mol. The van der Waals surface area contributed by atoms with E-state index < -0.39 is 0 Å². The van der Waals surface area contributed by atoms with E-state index in [9.17, 15) is 0 Å². The largest absolute Gasteiger partial charge is 0.377 e. The van der Waals surface area contributed by atoms with Gasteiger partial charge in [-0.1, -0.05) is 29.9 Å². The van der Waals surface area contributed by atoms with Crippen molar-refractivity contribution in [2.75, 3.05) is 43.6 Å². The van der Waals surface area contributed by atoms with Crippen LogP contribution in [0.5, 0.6) is 0 Å². The van der Waals surface area contributed by atoms with Gasteiger partial charge in [-0.15, -0.1) is 0 Å². The Morgan fingerprint density at radius 3 is 2.79 bits per heavy atom. The normalized spacial score (nSPS) is 18.7. The average Bonchev–Trinajstić information content (AvgIpc) is 2.93. The van der Waals surface area contributed by atoms with Gasteiger partial charge in [0.25, 0.3) is 0 Å². The summed E-state index contributed by atoms with van der Waals surface area (Å²) in [7, 11) is 2.18. The molecule has 0 radical (unpaired) electrons. The molecule has 3 heterocycles. The fourth-order valence-corrected chi connectivity index (χ4v) is 4.45. The summed E-state index contributed by atoms with van der Waals surface area (Å²) in [5.74, 6) is 0. The first-order chi connectivity index (χ1) is 11.7. The van der Waals surface area contributed by atoms with Crippen LogP contribution in [0.4, 0.5) is 16.4 Å². The van der Waals surface area contributed by atoms with E-state index in [0.717, 1.165) is 61.2 Å². The van der Waals surface area contributed by atoms with E-state index in [1.807, 2.05) is 12.1 Å². The number of thiazole rings is 1. The molecule has 0 aliphatic carbocycles. The van der Waals surface area contributed by atoms with Crippen molar-refractivity contribution in [3.8, 4) is 0 Å². The number of rotatable bonds is 2. The maximum atomic E-state index is 6.22. The minimum atomic E-state index is 0.740. The Balaban J connectivity index is 1.80. The lowest BCUT2D eigenvalue weighted by Crippen LogP contribution is -2.51. The van der Waals surface area contributed by atoms with Crippen molar-refractivity contribution in [1.82, 2.24) is 14.9 Å². The molecule has 2 aliphatic rings. The van der Waals surface area contributed by atoms with Crippen molar-refractivity contribution in [3.05, 3.63) is 33.9 Å². The van der Waals surface area contributed by atoms with Gasteiger partial charge in [0.2, 0.25) is 0 Å². The molecule has 7 heteroatoms. The second kappa shape index (κ2) is 6.52. The lowest BCUT2D eigenvalue weighted by atomic mass is 10.2. The summed E-state index contributed by atoms with van der Waals surface area (Å²) in [6.07, 6.45) is 0.974. The van der Waals surface area contributed by atoms with Gasteiger partial charge in [0.15, 0.2) is 0 Å². The molecule has 128 valence electrons. The number of anilines is 3. The number of benzene rings is 1. The smallest absolute Gasteiger partial charge is 0.136 e. The highest BCUT2D eigenvalue weighted by Crippen LogP contribution is 2.43. The zero-order valence-electron chi connectivity index (χ0n) is 14.0. The average molecular weight is 364 g/mol. The van der Waals surface area contributed by atoms with Crippen LogP contribution in [0.25, 0.3) is 0 Å². The minimum Gasteiger partial charge on any atom is -0.377 e. The number of hydrogen-bond donors (Lipinski definition) is 1. The molecule has 4 rings (SSSR count). The molecule has 1 fully saturated rings. The molecule has 0 saturated carbocycles. The summed E-state index contributed by atoms with van der Waals surface area (Å²) < 4.78 is 0. The molecule has 0 spiro atoms. The Labute approximate surface area is 151 Å². The van der Waals surface area contributed by atoms with Crippen molar-refractivity contribution >= 4 is 39.3 Å². The number of aromatic nitrogens is 1. The SMILES string of the molecule is CCc1nc2c(s1)N(N1CCN(C)CC1)c1ccc(Cl)cc1NC2. The molecule has 1 aromatic carbocycles. The van der Waals surface area contributed by atoms with Crippen LogP contribution in [0.3, 0.4) is 0 Å². The van der Waals surface area contributed by atoms with Gasteiger partial charge in [-0.05, 0) is 31.7 Å². The van der Waals surface area contributed by atoms with Crippen LogP contribution in [0.1, 0.15) is 17.6 Å². The van der Waals surface area contributed by atoms with Crippen LogP contribution in [0, 0.1) is 0 Å². The van der Waals surface area contributed by atoms with E-state index in [1.54, 1.807) is 11.3 Å². The van der Waals surface area contributed by atoms with Crippen molar-refractivity contribution in [2.45, 2.75) is 19.9 Å². The number of nitrogens with zero attached hydrogens (tertiary/aromatic N) is 4. The summed E-state index contributed by atoms with van der Waals surface area (Å²) in [4.78, 5) is 7.21. The van der Waals surface area contributed by atoms with E-state index in [4.69, 9.17) is 16.6 Å². The third-order valence-electron chi connectivity index (χ3n) is 4.61. The Kier molecular flexibility index (Phi) is 4.39. The molecule has 0 amide bonds. The van der Waals surface area contributed by atoms with E-state index in [2.05, 4.69) is 40.3 Å². The van der Waals surface area contributed by atoms with E-state index in [-0.39, 0.29) is 0 Å². The van der Waals surface area contributed by atoms with Crippen molar-refractivity contribution in [1.29, 1.82) is 0 Å². The van der Waals surface area contributed by atoms with E-state index >= 15 is 0 Å². The zero-order valence-corrected chi connectivity index (χ0v) is 15.6. The maximum Gasteiger partial charge on any atom is 0.136 e. The van der Waals surface area contributed by atoms with E-state index in [0.29, 0.717) is 0 Å². The lowest BCUT2D eigenvalue weighted by molar-refractivity contribution is 0.155. The molecule has 2 aliphatic heterocycles. The molecule has 5 nitrogen and oxygen atoms in total. The molecule has 0 atom stereocenters. The van der Waals surface area contributed by atoms with Gasteiger partial charge < -0.3 is 10.2 Å². The maximum absolute atomic E-state index is 6.22. The second-order valence-corrected chi connectivity index (χ2v) is 7.80. The quantitative estimate of drug-likeness (QED) is 0.882. The number of likely N-dealkylation sites (N-methyl/N-ethyl adjacent to an activating group) is 1. The molecular formula is C17H22ClN5S. The molecule has 24 heavy (non-hydrogen) atoms. The highest BCUT2D eigenvalue weighted by Gasteiger charge is 2.30. The highest BCUT2D eigenvalue weighted by atomic mass is 35.5. The number of fused-ring (bicyclic) bond motifs is 2. The van der Waals surface area contributed by atoms with Gasteiger partial charge in [-0.2, -0.15) is 0 Å². The first-order valence-electron chi connectivity index (χ1n) is 8.41. The molecule has 0 unspecified atom stereocenters. The highest BCUT2D eigenvalue weighted by molar-refractivity contribution is 7.16. The van der Waals surface area contributed by atoms with Crippen LogP contribution in [0.15, 0.2) is 18.2 Å². The van der Waals surface area contributed by atoms with Gasteiger partial charge in [0.1, 0.15) is 5.00 Å². The minimum absolute atomic E-state index is 0.740. The number of halogens is 1. The van der Waals surface area contributed by atoms with Crippen LogP contribution in [-0.4, -0.2) is 48.1 Å². The number of piperazine rings is 1. The first-order valence-corrected chi connectivity index (χ1v) is 9.60. The predicted molar refractivity (Wildman–Crippen MR) is 101 cm³/mol. The summed E-state index contributed by atoms with van der Waals surface area (Å²) >= 11 is 8.03. The van der Waals surface area contributed by atoms with Gasteiger partial charge in [-0.25, -0.2) is 9.99 Å². The van der Waals surface area contributed by atoms with Gasteiger partial charge >= 0.3 is 0 Å². The van der Waals surface area contributed by atoms with Gasteiger partial charge in [-0.3, -0.25) is 5.01 Å². The summed E-state index contributed by atoms with van der Waals surface area (Å²) in [5, 5.41) is 11.5. The molecule has 1 aromatic heterocycles. The van der Waals surface area contributed by atoms with Crippen molar-refractivity contribution < 1.29 is 0 Å². The van der Waals surface area contributed by atoms with Crippen LogP contribution in [-0.2, 0) is 13.0 Å². The fourth-order valence-electron chi connectivity index (χ4n) is 3.22. The van der Waals surface area contributed by atoms with Gasteiger partial charge in [0.05, 0.1) is 28.6 Å². The standard InChI is InChI=1S/C17H22ClN5S/c1-3-16-20-14-11-19-13-10-12(18)4-5-15(13)23(17(14)24-16)22-8-6-21(2)7-9-22/h4-5,10,19H,3,6-9,11H2,1-2H3. The zero-order chi connectivity index (χ0) is 16.7. The van der Waals surface area contributed by atoms with Crippen LogP contribution < -0.4 is 10.3 Å². The topological polar surface area (TPSA) is 34.6 Å². The van der Waals surface area contributed by atoms with Crippen LogP contribution in [0.2, 0.25) is 5.02 Å². The fraction of sp³-hybridized carbons (Fsp3) is 0.471. The Morgan fingerprint density at radius 2 is 2.04 bits per heavy atom. The van der Waals surface area contributed by atoms with Crippen molar-refractivity contribution in [2.24, 2.45) is 0 Å². The second-order valence-electron chi connectivity index (χ2n) is 6.30. The third kappa shape index (κ3) is 2.88.